The van der Waals surface area contributed by atoms with Crippen LogP contribution in [0.15, 0.2) is 59.8 Å². The highest BCUT2D eigenvalue weighted by molar-refractivity contribution is 6.32. The molecule has 41 heavy (non-hydrogen) atoms. The van der Waals surface area contributed by atoms with Crippen LogP contribution in [0.3, 0.4) is 0 Å². The number of amides is 1. The quantitative estimate of drug-likeness (QED) is 0.239. The Morgan fingerprint density at radius 2 is 1.95 bits per heavy atom. The van der Waals surface area contributed by atoms with Gasteiger partial charge in [0.15, 0.2) is 0 Å². The zero-order valence-electron chi connectivity index (χ0n) is 21.8. The number of benzene rings is 1. The van der Waals surface area contributed by atoms with Crippen LogP contribution >= 0.6 is 23.2 Å². The molecule has 5 aromatic rings. The summed E-state index contributed by atoms with van der Waals surface area (Å²) < 4.78 is 12.9. The van der Waals surface area contributed by atoms with Gasteiger partial charge in [-0.3, -0.25) is 10.1 Å². The average Bonchev–Trinajstić information content (AvgIpc) is 3.61. The Morgan fingerprint density at radius 3 is 2.66 bits per heavy atom. The number of aromatic amines is 1. The van der Waals surface area contributed by atoms with Gasteiger partial charge in [0.2, 0.25) is 0 Å². The smallest absolute Gasteiger partial charge is 0.412 e. The lowest BCUT2D eigenvalue weighted by molar-refractivity contribution is 0.107. The number of aromatic nitrogens is 8. The molecule has 4 aromatic heterocycles. The van der Waals surface area contributed by atoms with Crippen molar-refractivity contribution in [1.29, 1.82) is 0 Å². The molecule has 0 aliphatic heterocycles. The van der Waals surface area contributed by atoms with Crippen molar-refractivity contribution in [2.45, 2.75) is 13.5 Å². The third-order valence-corrected chi connectivity index (χ3v) is 6.51. The van der Waals surface area contributed by atoms with E-state index in [-0.39, 0.29) is 23.9 Å². The number of carbonyl (C=O) groups is 1. The number of methoxy groups -OCH3 is 1. The molecule has 1 amide bonds. The number of H-pyrrole nitrogens is 1. The Morgan fingerprint density at radius 1 is 1.10 bits per heavy atom. The lowest BCUT2D eigenvalue weighted by atomic mass is 10.0. The normalized spacial score (nSPS) is 11.0. The number of carbonyl (C=O) groups excluding carboxylic acids is 1. The second-order valence-electron chi connectivity index (χ2n) is 8.76. The summed E-state index contributed by atoms with van der Waals surface area (Å²) in [6.45, 7) is 2.40. The van der Waals surface area contributed by atoms with Crippen molar-refractivity contribution < 1.29 is 14.3 Å². The van der Waals surface area contributed by atoms with Crippen LogP contribution in [-0.4, -0.2) is 66.1 Å². The Bertz CT molecular complexity index is 1740. The third kappa shape index (κ3) is 6.43. The molecule has 13 nitrogen and oxygen atoms in total. The highest BCUT2D eigenvalue weighted by atomic mass is 35.5. The van der Waals surface area contributed by atoms with E-state index >= 15 is 0 Å². The van der Waals surface area contributed by atoms with Crippen molar-refractivity contribution in [2.24, 2.45) is 0 Å². The van der Waals surface area contributed by atoms with E-state index in [9.17, 15) is 9.59 Å². The number of ether oxygens (including phenoxy) is 2. The van der Waals surface area contributed by atoms with Crippen molar-refractivity contribution in [2.75, 3.05) is 25.6 Å². The maximum absolute atomic E-state index is 13.2. The molecule has 0 fully saturated rings. The van der Waals surface area contributed by atoms with Gasteiger partial charge in [0.05, 0.1) is 18.8 Å². The number of nitrogens with zero attached hydrogens (tertiary/aromatic N) is 7. The molecular weight excluding hydrogens is 573 g/mol. The van der Waals surface area contributed by atoms with E-state index in [2.05, 4.69) is 35.8 Å². The first-order valence-corrected chi connectivity index (χ1v) is 13.0. The molecular formula is C26H23Cl2N9O4. The number of hydrogen-bond donors (Lipinski definition) is 2. The van der Waals surface area contributed by atoms with Crippen molar-refractivity contribution in [3.63, 3.8) is 0 Å². The SMILES string of the molecule is COCCOC(=O)Nc1ccc(-c2nc(Cn3c(C)cc(-c4cc(Cl)ccc4-n4cnnn4)cc3=O)[nH]c2Cl)cn1. The van der Waals surface area contributed by atoms with Crippen molar-refractivity contribution >= 4 is 35.1 Å². The van der Waals surface area contributed by atoms with Crippen molar-refractivity contribution in [3.05, 3.63) is 87.0 Å². The summed E-state index contributed by atoms with van der Waals surface area (Å²) in [5.74, 6) is 0.775. The fraction of sp³-hybridized carbons (Fsp3) is 0.192. The van der Waals surface area contributed by atoms with E-state index in [1.54, 1.807) is 34.9 Å². The summed E-state index contributed by atoms with van der Waals surface area (Å²) in [7, 11) is 1.51. The fourth-order valence-corrected chi connectivity index (χ4v) is 4.51. The van der Waals surface area contributed by atoms with E-state index < -0.39 is 6.09 Å². The predicted molar refractivity (Wildman–Crippen MR) is 151 cm³/mol. The van der Waals surface area contributed by atoms with Crippen LogP contribution in [-0.2, 0) is 16.0 Å². The Labute approximate surface area is 243 Å². The lowest BCUT2D eigenvalue weighted by Crippen LogP contribution is -2.23. The maximum atomic E-state index is 13.2. The molecule has 0 unspecified atom stereocenters. The molecule has 1 aromatic carbocycles. The fourth-order valence-electron chi connectivity index (χ4n) is 4.08. The van der Waals surface area contributed by atoms with Gasteiger partial charge >= 0.3 is 6.09 Å². The minimum absolute atomic E-state index is 0.125. The summed E-state index contributed by atoms with van der Waals surface area (Å²) in [4.78, 5) is 36.9. The molecule has 2 N–H and O–H groups in total. The predicted octanol–water partition coefficient (Wildman–Crippen LogP) is 4.13. The Kier molecular flexibility index (Phi) is 8.38. The zero-order chi connectivity index (χ0) is 28.9. The van der Waals surface area contributed by atoms with E-state index in [0.717, 1.165) is 0 Å². The van der Waals surface area contributed by atoms with Gasteiger partial charge in [-0.2, -0.15) is 4.68 Å². The monoisotopic (exact) mass is 595 g/mol. The van der Waals surface area contributed by atoms with Gasteiger partial charge in [-0.15, -0.1) is 5.10 Å². The van der Waals surface area contributed by atoms with E-state index in [1.807, 2.05) is 13.0 Å². The van der Waals surface area contributed by atoms with Crippen LogP contribution in [0.1, 0.15) is 11.5 Å². The van der Waals surface area contributed by atoms with Crippen LogP contribution in [0.2, 0.25) is 10.2 Å². The zero-order valence-corrected chi connectivity index (χ0v) is 23.3. The molecule has 0 radical (unpaired) electrons. The topological polar surface area (TPSA) is 155 Å². The average molecular weight is 596 g/mol. The highest BCUT2D eigenvalue weighted by Crippen LogP contribution is 2.30. The van der Waals surface area contributed by atoms with Gasteiger partial charge < -0.3 is 19.0 Å². The number of pyridine rings is 2. The van der Waals surface area contributed by atoms with Crippen LogP contribution < -0.4 is 10.9 Å². The molecule has 210 valence electrons. The molecule has 0 aliphatic carbocycles. The van der Waals surface area contributed by atoms with Gasteiger partial charge in [-0.05, 0) is 59.3 Å². The van der Waals surface area contributed by atoms with E-state index in [4.69, 9.17) is 32.7 Å². The summed E-state index contributed by atoms with van der Waals surface area (Å²) in [6, 6.07) is 12.0. The summed E-state index contributed by atoms with van der Waals surface area (Å²) >= 11 is 12.7. The van der Waals surface area contributed by atoms with Crippen LogP contribution in [0.25, 0.3) is 28.1 Å². The van der Waals surface area contributed by atoms with Gasteiger partial charge in [-0.25, -0.2) is 14.8 Å². The second kappa shape index (κ2) is 12.3. The first-order chi connectivity index (χ1) is 19.8. The molecule has 0 saturated heterocycles. The molecule has 0 spiro atoms. The number of tetrazole rings is 1. The summed E-state index contributed by atoms with van der Waals surface area (Å²) in [5, 5.41) is 14.7. The standard InChI is InChI=1S/C26H23Cl2N9O4/c1-15-9-17(19-11-18(27)4-5-20(19)37-14-30-34-35-37)10-23(38)36(15)13-22-31-24(25(28)32-22)16-3-6-21(29-12-16)33-26(39)41-8-7-40-2/h3-6,9-12,14H,7-8,13H2,1-2H3,(H,31,32)(H,29,33,39). The number of nitrogens with one attached hydrogen (secondary N) is 2. The second-order valence-corrected chi connectivity index (χ2v) is 9.57. The van der Waals surface area contributed by atoms with Gasteiger partial charge in [0.1, 0.15) is 35.4 Å². The van der Waals surface area contributed by atoms with E-state index in [1.165, 1.54) is 30.4 Å². The van der Waals surface area contributed by atoms with E-state index in [0.29, 0.717) is 57.0 Å². The first kappa shape index (κ1) is 28.0. The molecule has 0 bridgehead atoms. The number of aryl methyl sites for hydroxylation is 1. The summed E-state index contributed by atoms with van der Waals surface area (Å²) in [6.07, 6.45) is 2.35. The Hall–Kier alpha value is -4.59. The number of anilines is 1. The largest absolute Gasteiger partial charge is 0.447 e. The highest BCUT2D eigenvalue weighted by Gasteiger charge is 2.16. The number of halogens is 2. The number of hydrogen-bond acceptors (Lipinski definition) is 9. The third-order valence-electron chi connectivity index (χ3n) is 6.00. The molecule has 0 atom stereocenters. The molecule has 5 rings (SSSR count). The van der Waals surface area contributed by atoms with Crippen LogP contribution in [0, 0.1) is 6.92 Å². The molecule has 4 heterocycles. The summed E-state index contributed by atoms with van der Waals surface area (Å²) in [5.41, 5.74) is 3.56. The Balaban J connectivity index is 1.35. The molecule has 0 aliphatic rings. The lowest BCUT2D eigenvalue weighted by Gasteiger charge is -2.13. The van der Waals surface area contributed by atoms with Gasteiger partial charge in [0.25, 0.3) is 5.56 Å². The number of rotatable bonds is 9. The maximum Gasteiger partial charge on any atom is 0.412 e. The minimum atomic E-state index is -0.642. The molecule has 0 saturated carbocycles. The van der Waals surface area contributed by atoms with Crippen molar-refractivity contribution in [3.8, 4) is 28.1 Å². The molecule has 15 heteroatoms. The van der Waals surface area contributed by atoms with Gasteiger partial charge in [0, 0.05) is 41.2 Å². The van der Waals surface area contributed by atoms with Crippen LogP contribution in [0.4, 0.5) is 10.6 Å². The minimum Gasteiger partial charge on any atom is -0.447 e. The van der Waals surface area contributed by atoms with Gasteiger partial charge in [-0.1, -0.05) is 23.2 Å². The van der Waals surface area contributed by atoms with Crippen molar-refractivity contribution in [1.82, 2.24) is 39.7 Å². The first-order valence-electron chi connectivity index (χ1n) is 12.2. The van der Waals surface area contributed by atoms with Crippen LogP contribution in [0.5, 0.6) is 0 Å². The number of imidazole rings is 1.